The summed E-state index contributed by atoms with van der Waals surface area (Å²) in [5.41, 5.74) is 2.05. The number of rotatable bonds is 4. The number of anilines is 2. The molecule has 0 bridgehead atoms. The molecule has 3 aromatic heterocycles. The summed E-state index contributed by atoms with van der Waals surface area (Å²) in [5, 5.41) is 5.97. The van der Waals surface area contributed by atoms with Crippen LogP contribution in [0, 0.1) is 0 Å². The SMILES string of the molecule is Brc1cnc(NC2CCCCC2)cc1-c1cc2cnccc2c(N2CCCCC2)n1. The maximum atomic E-state index is 5.16. The minimum Gasteiger partial charge on any atom is -0.367 e. The normalized spacial score (nSPS) is 18.0. The lowest BCUT2D eigenvalue weighted by Crippen LogP contribution is -2.30. The van der Waals surface area contributed by atoms with Gasteiger partial charge in [-0.3, -0.25) is 4.98 Å². The van der Waals surface area contributed by atoms with E-state index in [0.717, 1.165) is 45.8 Å². The number of halogens is 1. The number of hydrogen-bond acceptors (Lipinski definition) is 5. The Morgan fingerprint density at radius 1 is 0.967 bits per heavy atom. The van der Waals surface area contributed by atoms with Gasteiger partial charge in [-0.2, -0.15) is 0 Å². The Labute approximate surface area is 186 Å². The van der Waals surface area contributed by atoms with Crippen LogP contribution in [0.4, 0.5) is 11.6 Å². The van der Waals surface area contributed by atoms with Crippen LogP contribution >= 0.6 is 15.9 Å². The Morgan fingerprint density at radius 3 is 2.60 bits per heavy atom. The summed E-state index contributed by atoms with van der Waals surface area (Å²) in [6, 6.07) is 6.91. The maximum absolute atomic E-state index is 5.16. The quantitative estimate of drug-likeness (QED) is 0.497. The highest BCUT2D eigenvalue weighted by atomic mass is 79.9. The highest BCUT2D eigenvalue weighted by Gasteiger charge is 2.19. The summed E-state index contributed by atoms with van der Waals surface area (Å²) < 4.78 is 0.969. The van der Waals surface area contributed by atoms with Crippen molar-refractivity contribution in [2.75, 3.05) is 23.3 Å². The fourth-order valence-corrected chi connectivity index (χ4v) is 5.15. The molecule has 3 aromatic rings. The van der Waals surface area contributed by atoms with Gasteiger partial charge >= 0.3 is 0 Å². The molecule has 0 unspecified atom stereocenters. The van der Waals surface area contributed by atoms with Crippen LogP contribution in [0.2, 0.25) is 0 Å². The fourth-order valence-electron chi connectivity index (χ4n) is 4.73. The number of pyridine rings is 3. The van der Waals surface area contributed by atoms with Gasteiger partial charge in [0.1, 0.15) is 11.6 Å². The molecule has 0 radical (unpaired) electrons. The molecular weight excluding hydrogens is 438 g/mol. The number of fused-ring (bicyclic) bond motifs is 1. The van der Waals surface area contributed by atoms with Crippen molar-refractivity contribution in [1.82, 2.24) is 15.0 Å². The molecule has 1 N–H and O–H groups in total. The van der Waals surface area contributed by atoms with E-state index in [2.05, 4.69) is 54.3 Å². The third-order valence-electron chi connectivity index (χ3n) is 6.36. The standard InChI is InChI=1S/C24H28BrN5/c25-21-16-27-23(28-18-7-3-1-4-8-18)14-20(21)22-13-17-15-26-10-9-19(17)24(29-22)30-11-5-2-6-12-30/h9-10,13-16,18H,1-8,11-12H2,(H,27,28). The van der Waals surface area contributed by atoms with Gasteiger partial charge in [0.15, 0.2) is 0 Å². The van der Waals surface area contributed by atoms with Crippen LogP contribution in [-0.4, -0.2) is 34.1 Å². The zero-order chi connectivity index (χ0) is 20.3. The molecule has 5 rings (SSSR count). The molecule has 1 aliphatic heterocycles. The van der Waals surface area contributed by atoms with Crippen molar-refractivity contribution in [3.8, 4) is 11.3 Å². The number of nitrogens with zero attached hydrogens (tertiary/aromatic N) is 4. The van der Waals surface area contributed by atoms with E-state index in [4.69, 9.17) is 4.98 Å². The molecule has 0 aromatic carbocycles. The van der Waals surface area contributed by atoms with Crippen LogP contribution < -0.4 is 10.2 Å². The first-order valence-corrected chi connectivity index (χ1v) is 12.0. The summed E-state index contributed by atoms with van der Waals surface area (Å²) in [5.74, 6) is 2.02. The van der Waals surface area contributed by atoms with E-state index in [-0.39, 0.29) is 0 Å². The van der Waals surface area contributed by atoms with Crippen LogP contribution in [0.5, 0.6) is 0 Å². The molecule has 0 atom stereocenters. The summed E-state index contributed by atoms with van der Waals surface area (Å²) in [7, 11) is 0. The number of hydrogen-bond donors (Lipinski definition) is 1. The molecule has 1 aliphatic carbocycles. The molecular formula is C24H28BrN5. The molecule has 6 heteroatoms. The summed E-state index contributed by atoms with van der Waals surface area (Å²) >= 11 is 3.72. The molecule has 4 heterocycles. The molecule has 156 valence electrons. The Bertz CT molecular complexity index is 1030. The maximum Gasteiger partial charge on any atom is 0.137 e. The van der Waals surface area contributed by atoms with Crippen LogP contribution in [0.1, 0.15) is 51.4 Å². The second-order valence-corrected chi connectivity index (χ2v) is 9.36. The van der Waals surface area contributed by atoms with Gasteiger partial charge in [-0.15, -0.1) is 0 Å². The molecule has 0 spiro atoms. The molecule has 5 nitrogen and oxygen atoms in total. The largest absolute Gasteiger partial charge is 0.367 e. The lowest BCUT2D eigenvalue weighted by Gasteiger charge is -2.29. The van der Waals surface area contributed by atoms with Gasteiger partial charge in [0.05, 0.1) is 5.69 Å². The van der Waals surface area contributed by atoms with Crippen molar-refractivity contribution >= 4 is 38.3 Å². The zero-order valence-corrected chi connectivity index (χ0v) is 18.9. The van der Waals surface area contributed by atoms with E-state index < -0.39 is 0 Å². The van der Waals surface area contributed by atoms with Crippen LogP contribution in [0.25, 0.3) is 22.0 Å². The Balaban J connectivity index is 1.54. The number of nitrogens with one attached hydrogen (secondary N) is 1. The van der Waals surface area contributed by atoms with Gasteiger partial charge in [0.25, 0.3) is 0 Å². The average molecular weight is 466 g/mol. The Kier molecular flexibility index (Phi) is 5.84. The van der Waals surface area contributed by atoms with Gasteiger partial charge in [-0.1, -0.05) is 19.3 Å². The van der Waals surface area contributed by atoms with Crippen molar-refractivity contribution in [3.63, 3.8) is 0 Å². The third-order valence-corrected chi connectivity index (χ3v) is 6.99. The van der Waals surface area contributed by atoms with E-state index in [1.807, 2.05) is 18.6 Å². The minimum atomic E-state index is 0.526. The summed E-state index contributed by atoms with van der Waals surface area (Å²) in [6.07, 6.45) is 15.9. The minimum absolute atomic E-state index is 0.526. The van der Waals surface area contributed by atoms with Gasteiger partial charge in [-0.25, -0.2) is 9.97 Å². The first-order chi connectivity index (χ1) is 14.8. The average Bonchev–Trinajstić information content (AvgIpc) is 2.81. The van der Waals surface area contributed by atoms with Crippen molar-refractivity contribution in [2.24, 2.45) is 0 Å². The lowest BCUT2D eigenvalue weighted by atomic mass is 9.95. The molecule has 1 saturated heterocycles. The third kappa shape index (κ3) is 4.15. The van der Waals surface area contributed by atoms with Gasteiger partial charge < -0.3 is 10.2 Å². The first kappa shape index (κ1) is 19.7. The van der Waals surface area contributed by atoms with E-state index in [1.165, 1.54) is 56.8 Å². The molecule has 2 aliphatic rings. The van der Waals surface area contributed by atoms with Crippen LogP contribution in [0.15, 0.2) is 41.3 Å². The number of aromatic nitrogens is 3. The van der Waals surface area contributed by atoms with Crippen molar-refractivity contribution in [3.05, 3.63) is 41.3 Å². The first-order valence-electron chi connectivity index (χ1n) is 11.2. The Morgan fingerprint density at radius 2 is 1.77 bits per heavy atom. The lowest BCUT2D eigenvalue weighted by molar-refractivity contribution is 0.462. The molecule has 30 heavy (non-hydrogen) atoms. The van der Waals surface area contributed by atoms with Crippen molar-refractivity contribution < 1.29 is 0 Å². The highest BCUT2D eigenvalue weighted by Crippen LogP contribution is 2.35. The zero-order valence-electron chi connectivity index (χ0n) is 17.3. The van der Waals surface area contributed by atoms with Gasteiger partial charge in [-0.05, 0) is 66.2 Å². The fraction of sp³-hybridized carbons (Fsp3) is 0.458. The smallest absolute Gasteiger partial charge is 0.137 e. The van der Waals surface area contributed by atoms with Crippen LogP contribution in [-0.2, 0) is 0 Å². The highest BCUT2D eigenvalue weighted by molar-refractivity contribution is 9.10. The predicted octanol–water partition coefficient (Wildman–Crippen LogP) is 6.19. The monoisotopic (exact) mass is 465 g/mol. The molecule has 1 saturated carbocycles. The molecule has 0 amide bonds. The van der Waals surface area contributed by atoms with Crippen molar-refractivity contribution in [1.29, 1.82) is 0 Å². The predicted molar refractivity (Wildman–Crippen MR) is 127 cm³/mol. The Hall–Kier alpha value is -2.21. The van der Waals surface area contributed by atoms with E-state index >= 15 is 0 Å². The second-order valence-electron chi connectivity index (χ2n) is 8.50. The van der Waals surface area contributed by atoms with Crippen molar-refractivity contribution in [2.45, 2.75) is 57.4 Å². The van der Waals surface area contributed by atoms with E-state index in [1.54, 1.807) is 0 Å². The summed E-state index contributed by atoms with van der Waals surface area (Å²) in [4.78, 5) is 16.6. The van der Waals surface area contributed by atoms with E-state index in [9.17, 15) is 0 Å². The van der Waals surface area contributed by atoms with E-state index in [0.29, 0.717) is 6.04 Å². The topological polar surface area (TPSA) is 53.9 Å². The summed E-state index contributed by atoms with van der Waals surface area (Å²) in [6.45, 7) is 2.14. The second kappa shape index (κ2) is 8.88. The molecule has 2 fully saturated rings. The number of piperidine rings is 1. The van der Waals surface area contributed by atoms with Gasteiger partial charge in [0, 0.05) is 58.5 Å². The van der Waals surface area contributed by atoms with Crippen LogP contribution in [0.3, 0.4) is 0 Å². The van der Waals surface area contributed by atoms with Gasteiger partial charge in [0.2, 0.25) is 0 Å².